The maximum atomic E-state index is 12.8. The van der Waals surface area contributed by atoms with E-state index >= 15 is 0 Å². The van der Waals surface area contributed by atoms with Crippen molar-refractivity contribution in [2.75, 3.05) is 13.2 Å². The molecule has 0 amide bonds. The Bertz CT molecular complexity index is 1590. The predicted molar refractivity (Wildman–Crippen MR) is 306 cm³/mol. The second-order valence-electron chi connectivity index (χ2n) is 18.0. The minimum absolute atomic E-state index is 0.109. The number of esters is 3. The molecule has 71 heavy (non-hydrogen) atoms. The van der Waals surface area contributed by atoms with Crippen molar-refractivity contribution < 1.29 is 28.6 Å². The zero-order valence-electron chi connectivity index (χ0n) is 45.4. The molecule has 0 spiro atoms. The lowest BCUT2D eigenvalue weighted by Gasteiger charge is -2.18. The average Bonchev–Trinajstić information content (AvgIpc) is 3.37. The molecule has 0 bridgehead atoms. The highest BCUT2D eigenvalue weighted by Gasteiger charge is 2.19. The highest BCUT2D eigenvalue weighted by atomic mass is 16.6. The van der Waals surface area contributed by atoms with Crippen LogP contribution >= 0.6 is 0 Å². The Hall–Kier alpha value is -4.71. The lowest BCUT2D eigenvalue weighted by molar-refractivity contribution is -0.167. The van der Waals surface area contributed by atoms with E-state index in [9.17, 15) is 14.4 Å². The van der Waals surface area contributed by atoms with E-state index in [-0.39, 0.29) is 31.1 Å². The molecular formula is C65H102O6. The number of unbranched alkanes of at least 4 members (excludes halogenated alkanes) is 14. The van der Waals surface area contributed by atoms with Gasteiger partial charge in [0.05, 0.1) is 0 Å². The van der Waals surface area contributed by atoms with Gasteiger partial charge in [-0.2, -0.15) is 0 Å². The third-order valence-electron chi connectivity index (χ3n) is 11.3. The first-order valence-electron chi connectivity index (χ1n) is 28.3. The van der Waals surface area contributed by atoms with E-state index in [2.05, 4.69) is 167 Å². The number of allylic oxidation sites excluding steroid dienone is 24. The fraction of sp³-hybridized carbons (Fsp3) is 0.585. The van der Waals surface area contributed by atoms with Gasteiger partial charge < -0.3 is 14.2 Å². The van der Waals surface area contributed by atoms with Gasteiger partial charge in [-0.05, 0) is 135 Å². The number of hydrogen-bond acceptors (Lipinski definition) is 6. The van der Waals surface area contributed by atoms with Crippen molar-refractivity contribution in [2.24, 2.45) is 0 Å². The van der Waals surface area contributed by atoms with E-state index in [1.54, 1.807) is 0 Å². The molecule has 0 N–H and O–H groups in total. The Balaban J connectivity index is 4.49. The molecule has 1 atom stereocenters. The lowest BCUT2D eigenvalue weighted by atomic mass is 10.1. The summed E-state index contributed by atoms with van der Waals surface area (Å²) in [6.45, 7) is 6.24. The summed E-state index contributed by atoms with van der Waals surface area (Å²) in [5.41, 5.74) is 0. The zero-order valence-corrected chi connectivity index (χ0v) is 45.4. The molecule has 0 fully saturated rings. The summed E-state index contributed by atoms with van der Waals surface area (Å²) in [6, 6.07) is 0. The predicted octanol–water partition coefficient (Wildman–Crippen LogP) is 19.2. The number of rotatable bonds is 49. The van der Waals surface area contributed by atoms with Crippen LogP contribution in [-0.2, 0) is 28.6 Å². The zero-order chi connectivity index (χ0) is 51.4. The minimum atomic E-state index is -0.812. The van der Waals surface area contributed by atoms with Gasteiger partial charge in [0.1, 0.15) is 13.2 Å². The van der Waals surface area contributed by atoms with E-state index in [1.165, 1.54) is 0 Å². The molecule has 0 aliphatic carbocycles. The van der Waals surface area contributed by atoms with Crippen molar-refractivity contribution in [1.82, 2.24) is 0 Å². The molecule has 0 rings (SSSR count). The van der Waals surface area contributed by atoms with Crippen LogP contribution in [0.15, 0.2) is 146 Å². The smallest absolute Gasteiger partial charge is 0.306 e. The highest BCUT2D eigenvalue weighted by Crippen LogP contribution is 2.13. The summed E-state index contributed by atoms with van der Waals surface area (Å²) < 4.78 is 16.8. The summed E-state index contributed by atoms with van der Waals surface area (Å²) in [6.07, 6.45) is 82.6. The summed E-state index contributed by atoms with van der Waals surface area (Å²) in [5.74, 6) is -0.974. The summed E-state index contributed by atoms with van der Waals surface area (Å²) in [7, 11) is 0. The SMILES string of the molecule is CC/C=C\C/C=C\C/C=C\C/C=C\C/C=C\C/C=C\CCCCCCC(=O)OCC(COC(=O)CCCCCCC/C=C\C/C=C\C/C=C\CC)OC(=O)CCCCCCC/C=C\C/C=C\C/C=C\CC. The van der Waals surface area contributed by atoms with Crippen LogP contribution in [-0.4, -0.2) is 37.2 Å². The van der Waals surface area contributed by atoms with Crippen molar-refractivity contribution in [3.63, 3.8) is 0 Å². The maximum Gasteiger partial charge on any atom is 0.306 e. The van der Waals surface area contributed by atoms with Gasteiger partial charge in [-0.3, -0.25) is 14.4 Å². The molecule has 6 nitrogen and oxygen atoms in total. The first-order valence-corrected chi connectivity index (χ1v) is 28.3. The van der Waals surface area contributed by atoms with E-state index < -0.39 is 6.10 Å². The molecule has 0 radical (unpaired) electrons. The van der Waals surface area contributed by atoms with Gasteiger partial charge in [0.15, 0.2) is 6.10 Å². The van der Waals surface area contributed by atoms with Crippen LogP contribution in [0.3, 0.4) is 0 Å². The van der Waals surface area contributed by atoms with Gasteiger partial charge in [-0.15, -0.1) is 0 Å². The quantitative estimate of drug-likeness (QED) is 0.0262. The van der Waals surface area contributed by atoms with Crippen LogP contribution in [0.1, 0.15) is 226 Å². The summed E-state index contributed by atoms with van der Waals surface area (Å²) >= 11 is 0. The molecular weight excluding hydrogens is 877 g/mol. The second kappa shape index (κ2) is 57.9. The van der Waals surface area contributed by atoms with Crippen LogP contribution < -0.4 is 0 Å². The average molecular weight is 980 g/mol. The van der Waals surface area contributed by atoms with Crippen molar-refractivity contribution in [2.45, 2.75) is 232 Å². The van der Waals surface area contributed by atoms with Gasteiger partial charge in [-0.25, -0.2) is 0 Å². The molecule has 1 unspecified atom stereocenters. The van der Waals surface area contributed by atoms with Crippen LogP contribution in [0.5, 0.6) is 0 Å². The van der Waals surface area contributed by atoms with Gasteiger partial charge in [0.2, 0.25) is 0 Å². The number of carbonyl (C=O) groups excluding carboxylic acids is 3. The maximum absolute atomic E-state index is 12.8. The van der Waals surface area contributed by atoms with Gasteiger partial charge in [0, 0.05) is 19.3 Å². The fourth-order valence-corrected chi connectivity index (χ4v) is 7.18. The van der Waals surface area contributed by atoms with E-state index in [0.29, 0.717) is 19.3 Å². The topological polar surface area (TPSA) is 78.9 Å². The molecule has 0 aromatic rings. The number of carbonyl (C=O) groups is 3. The van der Waals surface area contributed by atoms with Crippen LogP contribution in [0.4, 0.5) is 0 Å². The molecule has 0 saturated heterocycles. The van der Waals surface area contributed by atoms with Gasteiger partial charge in [0.25, 0.3) is 0 Å². The molecule has 0 aromatic heterocycles. The van der Waals surface area contributed by atoms with Crippen molar-refractivity contribution in [3.05, 3.63) is 146 Å². The molecule has 0 aliphatic heterocycles. The van der Waals surface area contributed by atoms with Crippen LogP contribution in [0.2, 0.25) is 0 Å². The summed E-state index contributed by atoms with van der Waals surface area (Å²) in [5, 5.41) is 0. The Morgan fingerprint density at radius 1 is 0.282 bits per heavy atom. The third-order valence-corrected chi connectivity index (χ3v) is 11.3. The molecule has 0 heterocycles. The largest absolute Gasteiger partial charge is 0.462 e. The van der Waals surface area contributed by atoms with Crippen molar-refractivity contribution in [3.8, 4) is 0 Å². The Morgan fingerprint density at radius 3 is 0.789 bits per heavy atom. The lowest BCUT2D eigenvalue weighted by Crippen LogP contribution is -2.30. The monoisotopic (exact) mass is 979 g/mol. The Kier molecular flexibility index (Phi) is 54.0. The minimum Gasteiger partial charge on any atom is -0.462 e. The molecule has 6 heteroatoms. The fourth-order valence-electron chi connectivity index (χ4n) is 7.18. The molecule has 0 aromatic carbocycles. The number of ether oxygens (including phenoxy) is 3. The first kappa shape index (κ1) is 66.3. The standard InChI is InChI=1S/C65H102O6/c1-4-7-10-13-16-19-22-25-28-29-30-31-32-33-34-35-38-40-43-46-49-52-55-58-64(67)70-61-62(71-65(68)59-56-53-50-47-44-41-37-27-24-21-18-15-12-9-6-3)60-69-63(66)57-54-51-48-45-42-39-36-26-23-20-17-14-11-8-5-2/h7-12,16-21,25-28,30-31,33-34,36-38,40,62H,4-6,13-15,22-24,29,32,35,39,41-61H2,1-3H3/b10-7-,11-8-,12-9-,19-16-,20-17-,21-18-,28-25-,31-30-,34-33-,36-26-,37-27-,40-38-. The van der Waals surface area contributed by atoms with Gasteiger partial charge in [-0.1, -0.05) is 218 Å². The second-order valence-corrected chi connectivity index (χ2v) is 18.0. The van der Waals surface area contributed by atoms with Crippen molar-refractivity contribution >= 4 is 17.9 Å². The normalized spacial score (nSPS) is 13.2. The third kappa shape index (κ3) is 56.1. The van der Waals surface area contributed by atoms with E-state index in [4.69, 9.17) is 14.2 Å². The van der Waals surface area contributed by atoms with Gasteiger partial charge >= 0.3 is 17.9 Å². The van der Waals surface area contributed by atoms with Crippen LogP contribution in [0.25, 0.3) is 0 Å². The molecule has 398 valence electrons. The van der Waals surface area contributed by atoms with E-state index in [1.807, 2.05) is 0 Å². The van der Waals surface area contributed by atoms with E-state index in [0.717, 1.165) is 186 Å². The Morgan fingerprint density at radius 2 is 0.507 bits per heavy atom. The highest BCUT2D eigenvalue weighted by molar-refractivity contribution is 5.71. The first-order chi connectivity index (χ1) is 35.0. The Labute approximate surface area is 436 Å². The number of hydrogen-bond donors (Lipinski definition) is 0. The summed E-state index contributed by atoms with van der Waals surface area (Å²) in [4.78, 5) is 38.2. The molecule has 0 saturated carbocycles. The molecule has 0 aliphatic rings. The van der Waals surface area contributed by atoms with Crippen molar-refractivity contribution in [1.29, 1.82) is 0 Å². The van der Waals surface area contributed by atoms with Crippen LogP contribution in [0, 0.1) is 0 Å².